The van der Waals surface area contributed by atoms with Crippen LogP contribution in [0.4, 0.5) is 5.69 Å². The van der Waals surface area contributed by atoms with Crippen LogP contribution in [0, 0.1) is 11.3 Å². The van der Waals surface area contributed by atoms with Gasteiger partial charge < -0.3 is 20.7 Å². The highest BCUT2D eigenvalue weighted by Crippen LogP contribution is 2.26. The van der Waals surface area contributed by atoms with Crippen LogP contribution < -0.4 is 15.8 Å². The van der Waals surface area contributed by atoms with E-state index in [0.29, 0.717) is 18.2 Å². The van der Waals surface area contributed by atoms with E-state index >= 15 is 0 Å². The zero-order chi connectivity index (χ0) is 20.0. The zero-order valence-corrected chi connectivity index (χ0v) is 16.2. The maximum atomic E-state index is 12.6. The number of benzene rings is 1. The van der Waals surface area contributed by atoms with Crippen molar-refractivity contribution >= 4 is 23.2 Å². The molecule has 0 aliphatic heterocycles. The van der Waals surface area contributed by atoms with Gasteiger partial charge in [0, 0.05) is 11.6 Å². The molecule has 0 radical (unpaired) electrons. The molecule has 0 spiro atoms. The summed E-state index contributed by atoms with van der Waals surface area (Å²) in [6.07, 6.45) is 0. The molecule has 1 heterocycles. The van der Waals surface area contributed by atoms with Crippen molar-refractivity contribution in [3.05, 3.63) is 52.2 Å². The Bertz CT molecular complexity index is 864. The number of amides is 1. The van der Waals surface area contributed by atoms with E-state index in [1.807, 2.05) is 49.3 Å². The molecule has 1 unspecified atom stereocenters. The van der Waals surface area contributed by atoms with Crippen LogP contribution in [0.2, 0.25) is 5.02 Å². The molecule has 0 fully saturated rings. The van der Waals surface area contributed by atoms with Crippen LogP contribution in [0.5, 0.6) is 5.88 Å². The number of nitrogen functional groups attached to an aromatic ring is 1. The molecule has 27 heavy (non-hydrogen) atoms. The number of nitrogens with one attached hydrogen (secondary N) is 1. The van der Waals surface area contributed by atoms with Gasteiger partial charge >= 0.3 is 0 Å². The molecule has 1 aromatic carbocycles. The van der Waals surface area contributed by atoms with Crippen molar-refractivity contribution in [2.24, 2.45) is 0 Å². The Kier molecular flexibility index (Phi) is 6.99. The number of nitriles is 1. The zero-order valence-electron chi connectivity index (χ0n) is 15.5. The van der Waals surface area contributed by atoms with Crippen molar-refractivity contribution < 1.29 is 9.53 Å². The van der Waals surface area contributed by atoms with Crippen LogP contribution in [0.25, 0.3) is 0 Å². The molecule has 7 nitrogen and oxygen atoms in total. The van der Waals surface area contributed by atoms with E-state index in [4.69, 9.17) is 22.1 Å². The largest absolute Gasteiger partial charge is 0.477 e. The second kappa shape index (κ2) is 9.21. The van der Waals surface area contributed by atoms with E-state index < -0.39 is 5.91 Å². The molecule has 2 rings (SSSR count). The van der Waals surface area contributed by atoms with Crippen LogP contribution in [0.1, 0.15) is 34.6 Å². The number of halogens is 1. The lowest BCUT2D eigenvalue weighted by molar-refractivity contribution is 0.0936. The Hall–Kier alpha value is -2.82. The SMILES string of the molecule is CCOc1nc(C(=O)NCC(c2ccccc2Cl)N(C)C)cc(N)c1C#N. The van der Waals surface area contributed by atoms with Gasteiger partial charge in [0.2, 0.25) is 5.88 Å². The fourth-order valence-electron chi connectivity index (χ4n) is 2.61. The third-order valence-electron chi connectivity index (χ3n) is 3.99. The van der Waals surface area contributed by atoms with E-state index in [0.717, 1.165) is 5.56 Å². The number of rotatable bonds is 7. The number of aromatic nitrogens is 1. The number of nitrogens with zero attached hydrogens (tertiary/aromatic N) is 3. The van der Waals surface area contributed by atoms with Gasteiger partial charge in [-0.3, -0.25) is 4.79 Å². The lowest BCUT2D eigenvalue weighted by atomic mass is 10.1. The summed E-state index contributed by atoms with van der Waals surface area (Å²) in [6.45, 7) is 2.39. The van der Waals surface area contributed by atoms with Crippen LogP contribution >= 0.6 is 11.6 Å². The van der Waals surface area contributed by atoms with Crippen LogP contribution in [-0.2, 0) is 0 Å². The molecule has 3 N–H and O–H groups in total. The minimum Gasteiger partial charge on any atom is -0.477 e. The van der Waals surface area contributed by atoms with Crippen LogP contribution in [0.3, 0.4) is 0 Å². The first kappa shape index (κ1) is 20.5. The molecule has 1 amide bonds. The lowest BCUT2D eigenvalue weighted by Crippen LogP contribution is -2.35. The number of carbonyl (C=O) groups excluding carboxylic acids is 1. The Balaban J connectivity index is 2.21. The van der Waals surface area contributed by atoms with Gasteiger partial charge in [0.25, 0.3) is 5.91 Å². The van der Waals surface area contributed by atoms with E-state index in [9.17, 15) is 10.1 Å². The number of carbonyl (C=O) groups is 1. The van der Waals surface area contributed by atoms with Gasteiger partial charge in [-0.2, -0.15) is 5.26 Å². The number of hydrogen-bond acceptors (Lipinski definition) is 6. The van der Waals surface area contributed by atoms with Crippen molar-refractivity contribution in [1.29, 1.82) is 5.26 Å². The normalized spacial score (nSPS) is 11.7. The third-order valence-corrected chi connectivity index (χ3v) is 4.33. The molecule has 0 saturated carbocycles. The quantitative estimate of drug-likeness (QED) is 0.756. The first-order valence-corrected chi connectivity index (χ1v) is 8.79. The van der Waals surface area contributed by atoms with Gasteiger partial charge in [-0.1, -0.05) is 29.8 Å². The number of anilines is 1. The summed E-state index contributed by atoms with van der Waals surface area (Å²) < 4.78 is 5.33. The summed E-state index contributed by atoms with van der Waals surface area (Å²) in [5.74, 6) is -0.355. The molecule has 0 bridgehead atoms. The van der Waals surface area contributed by atoms with Gasteiger partial charge in [-0.25, -0.2) is 4.98 Å². The van der Waals surface area contributed by atoms with Gasteiger partial charge in [0.15, 0.2) is 0 Å². The molecule has 1 atom stereocenters. The number of nitrogens with two attached hydrogens (primary N) is 1. The second-order valence-electron chi connectivity index (χ2n) is 6.03. The minimum atomic E-state index is -0.411. The molecule has 0 saturated heterocycles. The predicted molar refractivity (Wildman–Crippen MR) is 105 cm³/mol. The molecule has 142 valence electrons. The average molecular weight is 388 g/mol. The van der Waals surface area contributed by atoms with Crippen molar-refractivity contribution in [2.45, 2.75) is 13.0 Å². The van der Waals surface area contributed by atoms with Crippen LogP contribution in [-0.4, -0.2) is 43.0 Å². The maximum absolute atomic E-state index is 12.6. The summed E-state index contributed by atoms with van der Waals surface area (Å²) in [5, 5.41) is 12.6. The van der Waals surface area contributed by atoms with E-state index in [1.54, 1.807) is 6.92 Å². The first-order chi connectivity index (χ1) is 12.9. The maximum Gasteiger partial charge on any atom is 0.270 e. The fraction of sp³-hybridized carbons (Fsp3) is 0.316. The smallest absolute Gasteiger partial charge is 0.270 e. The summed E-state index contributed by atoms with van der Waals surface area (Å²) in [5.41, 5.74) is 7.14. The number of pyridine rings is 1. The molecule has 0 aliphatic carbocycles. The number of ether oxygens (including phenoxy) is 1. The molecule has 1 aromatic heterocycles. The van der Waals surface area contributed by atoms with Crippen molar-refractivity contribution in [1.82, 2.24) is 15.2 Å². The fourth-order valence-corrected chi connectivity index (χ4v) is 2.87. The minimum absolute atomic E-state index is 0.0559. The van der Waals surface area contributed by atoms with Crippen molar-refractivity contribution in [3.63, 3.8) is 0 Å². The topological polar surface area (TPSA) is 104 Å². The van der Waals surface area contributed by atoms with Gasteiger partial charge in [0.1, 0.15) is 17.3 Å². The third kappa shape index (κ3) is 4.88. The highest BCUT2D eigenvalue weighted by Gasteiger charge is 2.20. The van der Waals surface area contributed by atoms with Gasteiger partial charge in [0.05, 0.1) is 18.3 Å². The van der Waals surface area contributed by atoms with E-state index in [-0.39, 0.29) is 28.9 Å². The van der Waals surface area contributed by atoms with Crippen LogP contribution in [0.15, 0.2) is 30.3 Å². The molecule has 0 aliphatic rings. The van der Waals surface area contributed by atoms with Crippen molar-refractivity contribution in [3.8, 4) is 11.9 Å². The van der Waals surface area contributed by atoms with E-state index in [2.05, 4.69) is 10.3 Å². The van der Waals surface area contributed by atoms with Gasteiger partial charge in [-0.05, 0) is 38.7 Å². The Morgan fingerprint density at radius 2 is 2.15 bits per heavy atom. The monoisotopic (exact) mass is 387 g/mol. The lowest BCUT2D eigenvalue weighted by Gasteiger charge is -2.26. The predicted octanol–water partition coefficient (Wildman–Crippen LogP) is 2.62. The summed E-state index contributed by atoms with van der Waals surface area (Å²) in [4.78, 5) is 18.7. The number of hydrogen-bond donors (Lipinski definition) is 2. The average Bonchev–Trinajstić information content (AvgIpc) is 2.63. The highest BCUT2D eigenvalue weighted by molar-refractivity contribution is 6.31. The Morgan fingerprint density at radius 3 is 2.74 bits per heavy atom. The highest BCUT2D eigenvalue weighted by atomic mass is 35.5. The standard InChI is InChI=1S/C19H22ClN5O2/c1-4-27-19-13(10-21)15(22)9-16(24-19)18(26)23-11-17(25(2)3)12-7-5-6-8-14(12)20/h5-9,17H,4,11H2,1-3H3,(H2,22,24)(H,23,26). The molecular weight excluding hydrogens is 366 g/mol. The molecule has 8 heteroatoms. The molecular formula is C19H22ClN5O2. The number of likely N-dealkylation sites (N-methyl/N-ethyl adjacent to an activating group) is 1. The summed E-state index contributed by atoms with van der Waals surface area (Å²) >= 11 is 6.29. The van der Waals surface area contributed by atoms with Gasteiger partial charge in [-0.15, -0.1) is 0 Å². The summed E-state index contributed by atoms with van der Waals surface area (Å²) in [7, 11) is 3.82. The summed E-state index contributed by atoms with van der Waals surface area (Å²) in [6, 6.07) is 10.7. The second-order valence-corrected chi connectivity index (χ2v) is 6.44. The first-order valence-electron chi connectivity index (χ1n) is 8.41. The Labute approximate surface area is 163 Å². The van der Waals surface area contributed by atoms with Crippen molar-refractivity contribution in [2.75, 3.05) is 33.0 Å². The molecule has 2 aromatic rings. The Morgan fingerprint density at radius 1 is 1.44 bits per heavy atom. The van der Waals surface area contributed by atoms with E-state index in [1.165, 1.54) is 6.07 Å².